The van der Waals surface area contributed by atoms with E-state index in [0.29, 0.717) is 0 Å². The first-order valence-corrected chi connectivity index (χ1v) is 30.0. The number of hydrogen-bond donors (Lipinski definition) is 22. The van der Waals surface area contributed by atoms with Gasteiger partial charge >= 0.3 is 23.9 Å². The molecule has 14 atom stereocenters. The van der Waals surface area contributed by atoms with E-state index in [-0.39, 0.29) is 31.8 Å². The molecule has 40 nitrogen and oxygen atoms in total. The van der Waals surface area contributed by atoms with Crippen LogP contribution in [0.5, 0.6) is 0 Å². The lowest BCUT2D eigenvalue weighted by Gasteiger charge is -2.30. The molecule has 0 radical (unpaired) electrons. The van der Waals surface area contributed by atoms with Gasteiger partial charge in [0.15, 0.2) is 12.0 Å². The van der Waals surface area contributed by atoms with Crippen molar-refractivity contribution in [2.45, 2.75) is 205 Å². The van der Waals surface area contributed by atoms with E-state index in [2.05, 4.69) is 58.2 Å². The van der Waals surface area contributed by atoms with Crippen LogP contribution in [0.25, 0.3) is 0 Å². The van der Waals surface area contributed by atoms with Crippen LogP contribution in [0.15, 0.2) is 4.99 Å². The second kappa shape index (κ2) is 42.4. The van der Waals surface area contributed by atoms with E-state index in [1.54, 1.807) is 20.8 Å². The first kappa shape index (κ1) is 85.1. The molecule has 0 spiro atoms. The molecule has 0 bridgehead atoms. The maximum Gasteiger partial charge on any atom is 0.328 e. The Morgan fingerprint density at radius 3 is 1.23 bits per heavy atom. The van der Waals surface area contributed by atoms with Crippen molar-refractivity contribution < 1.29 is 112 Å². The quantitative estimate of drug-likeness (QED) is 0.0153. The number of aliphatic imine (C=N–C) groups is 1. The lowest BCUT2D eigenvalue weighted by Crippen LogP contribution is -2.62. The van der Waals surface area contributed by atoms with E-state index in [1.807, 2.05) is 5.32 Å². The normalized spacial score (nSPS) is 15.5. The maximum atomic E-state index is 14.1. The first-order valence-electron chi connectivity index (χ1n) is 30.0. The smallest absolute Gasteiger partial charge is 0.328 e. The monoisotopic (exact) mass is 1360 g/mol. The number of aliphatic hydroxyl groups excluding tert-OH is 2. The van der Waals surface area contributed by atoms with E-state index >= 15 is 0 Å². The van der Waals surface area contributed by atoms with Crippen molar-refractivity contribution in [3.63, 3.8) is 0 Å². The van der Waals surface area contributed by atoms with Crippen LogP contribution in [-0.2, 0) is 81.5 Å². The van der Waals surface area contributed by atoms with Gasteiger partial charge in [-0.25, -0.2) is 4.79 Å². The number of primary amides is 2. The summed E-state index contributed by atoms with van der Waals surface area (Å²) in [4.78, 5) is 225. The molecule has 0 saturated carbocycles. The summed E-state index contributed by atoms with van der Waals surface area (Å²) in [6.07, 6.45) is -9.56. The molecule has 0 saturated heterocycles. The number of hydrogen-bond acceptors (Lipinski definition) is 21. The molecule has 0 aliphatic carbocycles. The lowest BCUT2D eigenvalue weighted by atomic mass is 9.95. The van der Waals surface area contributed by atoms with Gasteiger partial charge in [-0.3, -0.25) is 81.7 Å². The molecular formula is C55H93N17O23. The molecule has 0 fully saturated rings. The number of aliphatic hydroxyl groups is 2. The van der Waals surface area contributed by atoms with Gasteiger partial charge < -0.3 is 118 Å². The van der Waals surface area contributed by atoms with E-state index < -0.39 is 255 Å². The number of aliphatic carboxylic acids is 4. The number of rotatable bonds is 46. The Hall–Kier alpha value is -9.86. The minimum atomic E-state index is -2.04. The number of carbonyl (C=O) groups is 17. The second-order valence-electron chi connectivity index (χ2n) is 22.9. The van der Waals surface area contributed by atoms with Crippen molar-refractivity contribution in [2.75, 3.05) is 13.1 Å². The van der Waals surface area contributed by atoms with Gasteiger partial charge in [0.1, 0.15) is 54.4 Å². The Bertz CT molecular complexity index is 2780. The molecule has 27 N–H and O–H groups in total. The average molecular weight is 1360 g/mol. The highest BCUT2D eigenvalue weighted by atomic mass is 16.4. The molecule has 0 aromatic rings. The zero-order chi connectivity index (χ0) is 73.3. The van der Waals surface area contributed by atoms with Crippen LogP contribution in [-0.4, -0.2) is 229 Å². The molecule has 0 rings (SSSR count). The molecule has 0 aromatic carbocycles. The van der Waals surface area contributed by atoms with Crippen LogP contribution < -0.4 is 87.2 Å². The lowest BCUT2D eigenvalue weighted by molar-refractivity contribution is -0.146. The van der Waals surface area contributed by atoms with Crippen molar-refractivity contribution in [1.29, 1.82) is 0 Å². The average Bonchev–Trinajstić information content (AvgIpc) is 0.877. The van der Waals surface area contributed by atoms with Crippen molar-refractivity contribution in [3.8, 4) is 0 Å². The van der Waals surface area contributed by atoms with Crippen LogP contribution in [0.3, 0.4) is 0 Å². The summed E-state index contributed by atoms with van der Waals surface area (Å²) in [6, 6.07) is -19.1. The summed E-state index contributed by atoms with van der Waals surface area (Å²) in [5.74, 6) is -23.8. The number of carboxylic acid groups (broad SMARTS) is 4. The van der Waals surface area contributed by atoms with Gasteiger partial charge in [-0.05, 0) is 63.7 Å². The van der Waals surface area contributed by atoms with Gasteiger partial charge in [-0.2, -0.15) is 0 Å². The Morgan fingerprint density at radius 1 is 0.400 bits per heavy atom. The SMILES string of the molecule is CC[C@H](C)[C@H](NC(=O)[C@@H](NC(=O)[C@H](CCC(N)=O)NC(=O)CNC(=O)[C@H](CC(=O)O)NC(=O)[C@H](CCCN=C(N)N)NC(=O)[C@@H](NC(=O)[C@H](CCC(=O)O)NC(=O)[C@@H](N)C(C)C)[C@@H](C)O)C(C)C)C(=O)N[C@@H](CC(N)=O)C(=O)N[C@@H](CCC(=O)O)C(=O)N[C@H](C(=O)O)[C@@H](C)O. The van der Waals surface area contributed by atoms with Crippen molar-refractivity contribution in [1.82, 2.24) is 58.5 Å². The highest BCUT2D eigenvalue weighted by molar-refractivity contribution is 6.00. The third kappa shape index (κ3) is 33.0. The summed E-state index contributed by atoms with van der Waals surface area (Å²) < 4.78 is 0. The second-order valence-corrected chi connectivity index (χ2v) is 22.9. The van der Waals surface area contributed by atoms with E-state index in [4.69, 9.17) is 28.7 Å². The van der Waals surface area contributed by atoms with Gasteiger partial charge in [0.2, 0.25) is 76.8 Å². The Labute approximate surface area is 545 Å². The number of amides is 13. The Kier molecular flexibility index (Phi) is 38.0. The van der Waals surface area contributed by atoms with Crippen molar-refractivity contribution >= 4 is 107 Å². The molecule has 0 aliphatic rings. The van der Waals surface area contributed by atoms with Crippen molar-refractivity contribution in [2.24, 2.45) is 51.4 Å². The number of guanidine groups is 1. The fraction of sp³-hybridized carbons (Fsp3) is 0.673. The Balaban J connectivity index is 6.78. The van der Waals surface area contributed by atoms with Gasteiger partial charge in [0.25, 0.3) is 0 Å². The Morgan fingerprint density at radius 2 is 0.789 bits per heavy atom. The third-order valence-corrected chi connectivity index (χ3v) is 14.1. The minimum Gasteiger partial charge on any atom is -0.481 e. The summed E-state index contributed by atoms with van der Waals surface area (Å²) in [5, 5.41) is 82.8. The van der Waals surface area contributed by atoms with Crippen molar-refractivity contribution in [3.05, 3.63) is 0 Å². The van der Waals surface area contributed by atoms with Crippen LogP contribution in [0.4, 0.5) is 0 Å². The molecular weight excluding hydrogens is 1270 g/mol. The summed E-state index contributed by atoms with van der Waals surface area (Å²) in [6.45, 7) is 10.00. The number of carbonyl (C=O) groups excluding carboxylic acids is 13. The zero-order valence-electron chi connectivity index (χ0n) is 53.9. The molecule has 0 unspecified atom stereocenters. The van der Waals surface area contributed by atoms with Gasteiger partial charge in [-0.15, -0.1) is 0 Å². The number of nitrogens with two attached hydrogens (primary N) is 5. The minimum absolute atomic E-state index is 0.0943. The number of nitrogens with one attached hydrogen (secondary N) is 11. The molecule has 0 heterocycles. The summed E-state index contributed by atoms with van der Waals surface area (Å²) in [7, 11) is 0. The maximum absolute atomic E-state index is 14.1. The largest absolute Gasteiger partial charge is 0.481 e. The highest BCUT2D eigenvalue weighted by Gasteiger charge is 2.39. The predicted molar refractivity (Wildman–Crippen MR) is 329 cm³/mol. The van der Waals surface area contributed by atoms with E-state index in [9.17, 15) is 112 Å². The topological polar surface area (TPSA) is 686 Å². The van der Waals surface area contributed by atoms with Crippen LogP contribution in [0.1, 0.15) is 126 Å². The van der Waals surface area contributed by atoms with Crippen LogP contribution in [0.2, 0.25) is 0 Å². The first-order chi connectivity index (χ1) is 44.0. The fourth-order valence-corrected chi connectivity index (χ4v) is 8.41. The molecule has 536 valence electrons. The number of carboxylic acids is 4. The predicted octanol–water partition coefficient (Wildman–Crippen LogP) is -9.12. The molecule has 40 heteroatoms. The van der Waals surface area contributed by atoms with E-state index in [1.165, 1.54) is 20.8 Å². The van der Waals surface area contributed by atoms with Crippen LogP contribution >= 0.6 is 0 Å². The van der Waals surface area contributed by atoms with Gasteiger partial charge in [0.05, 0.1) is 37.6 Å². The molecule has 13 amide bonds. The highest BCUT2D eigenvalue weighted by Crippen LogP contribution is 2.14. The summed E-state index contributed by atoms with van der Waals surface area (Å²) >= 11 is 0. The van der Waals surface area contributed by atoms with E-state index in [0.717, 1.165) is 13.8 Å². The molecule has 0 aromatic heterocycles. The summed E-state index contributed by atoms with van der Waals surface area (Å²) in [5.41, 5.74) is 27.4. The number of nitrogens with zero attached hydrogens (tertiary/aromatic N) is 1. The zero-order valence-corrected chi connectivity index (χ0v) is 53.9. The fourth-order valence-electron chi connectivity index (χ4n) is 8.41. The van der Waals surface area contributed by atoms with Gasteiger partial charge in [0, 0.05) is 25.8 Å². The third-order valence-electron chi connectivity index (χ3n) is 14.1. The molecule has 0 aliphatic heterocycles. The molecule has 95 heavy (non-hydrogen) atoms. The standard InChI is InChI=1S/C55H93N17O23/c1-9-24(6)41(52(92)68-31(19-34(57)76)49(89)64-29(13-16-36(78)79)48(88)72-43(26(8)74)54(94)95)70-51(91)40(23(4)5)69-46(86)28(12-15-33(56)75)63-35(77)21-62-44(84)32(20-38(82)83)67-45(85)27(11-10-18-61-55(59)60)66-53(93)42(25(7)73)71-47(87)30(14-17-37(80)81)65-50(90)39(58)22(2)3/h22-32,39-43,73-74H,9-21,58H2,1-8H3,(H2,56,75)(H2,57,76)(H,62,84)(H,63,77)(H,64,89)(H,65,90)(H,66,93)(H,67,85)(H,68,92)(H,69,86)(H,70,91)(H,71,87)(H,72,88)(H,78,79)(H,80,81)(H,82,83)(H,94,95)(H4,59,60,61)/t24-,25+,26+,27-,28-,29-,30-,31-,32-,39-,40-,41-,42-,43-/m0/s1. The van der Waals surface area contributed by atoms with Gasteiger partial charge in [-0.1, -0.05) is 48.0 Å². The van der Waals surface area contributed by atoms with Crippen LogP contribution in [0, 0.1) is 17.8 Å².